The van der Waals surface area contributed by atoms with E-state index >= 15 is 8.78 Å². The molecule has 1 aromatic heterocycles. The van der Waals surface area contributed by atoms with Crippen molar-refractivity contribution in [2.45, 2.75) is 29.1 Å². The molecule has 3 fully saturated rings. The summed E-state index contributed by atoms with van der Waals surface area (Å²) in [6, 6.07) is 6.11. The molecule has 0 saturated carbocycles. The molecule has 1 aromatic carbocycles. The SMILES string of the molecule is O=C1O[C@@H](CO)[C@H]2COc3cc(S(=O)(=O)N4CCN(c5cc(C(F)(F)[C@@H]6CNCCO6)cc(Cl)n5)CC4)ccc3N12. The fraction of sp³-hybridized carbons (Fsp3) is 0.520. The Hall–Kier alpha value is -2.82. The number of anilines is 2. The molecule has 2 N–H and O–H groups in total. The van der Waals surface area contributed by atoms with Crippen LogP contribution >= 0.6 is 11.6 Å². The largest absolute Gasteiger partial charge is 0.489 e. The molecule has 12 nitrogen and oxygen atoms in total. The normalized spacial score (nSPS) is 25.4. The number of aromatic nitrogens is 1. The van der Waals surface area contributed by atoms with E-state index in [1.54, 1.807) is 4.90 Å². The molecule has 0 spiro atoms. The number of aliphatic hydroxyl groups excluding tert-OH is 1. The van der Waals surface area contributed by atoms with Gasteiger partial charge in [-0.05, 0) is 24.3 Å². The molecule has 41 heavy (non-hydrogen) atoms. The van der Waals surface area contributed by atoms with Gasteiger partial charge in [0.05, 0.1) is 23.8 Å². The van der Waals surface area contributed by atoms with Crippen LogP contribution in [0.15, 0.2) is 35.2 Å². The number of sulfonamides is 1. The standard InChI is InChI=1S/C25H28ClF2N5O7S/c26-22-9-15(25(27,28)21-12-29-3-8-38-21)10-23(30-22)31-4-6-32(7-5-31)41(36,37)16-1-2-17-19(11-16)39-14-18-20(13-34)40-24(35)33(17)18/h1-2,9-11,18,20-21,29,34H,3-8,12-14H2/t18-,20+,21+/m1/s1. The Bertz CT molecular complexity index is 1440. The molecule has 4 aliphatic heterocycles. The van der Waals surface area contributed by atoms with Crippen LogP contribution in [0.5, 0.6) is 5.75 Å². The lowest BCUT2D eigenvalue weighted by Crippen LogP contribution is -2.49. The number of hydrogen-bond acceptors (Lipinski definition) is 10. The predicted octanol–water partition coefficient (Wildman–Crippen LogP) is 1.40. The van der Waals surface area contributed by atoms with E-state index in [9.17, 15) is 18.3 Å². The molecule has 222 valence electrons. The van der Waals surface area contributed by atoms with Gasteiger partial charge in [-0.2, -0.15) is 13.1 Å². The number of carbonyl (C=O) groups excluding carboxylic acids is 1. The lowest BCUT2D eigenvalue weighted by Gasteiger charge is -2.36. The lowest BCUT2D eigenvalue weighted by atomic mass is 10.0. The highest BCUT2D eigenvalue weighted by Gasteiger charge is 2.47. The number of cyclic esters (lactones) is 1. The summed E-state index contributed by atoms with van der Waals surface area (Å²) in [5.41, 5.74) is 0.0414. The number of amides is 1. The molecule has 0 radical (unpaired) electrons. The van der Waals surface area contributed by atoms with Crippen molar-refractivity contribution in [3.8, 4) is 5.75 Å². The van der Waals surface area contributed by atoms with E-state index in [0.29, 0.717) is 12.2 Å². The minimum atomic E-state index is -3.94. The number of rotatable bonds is 6. The van der Waals surface area contributed by atoms with Crippen LogP contribution in [0.25, 0.3) is 0 Å². The van der Waals surface area contributed by atoms with Gasteiger partial charge in [0.25, 0.3) is 5.92 Å². The summed E-state index contributed by atoms with van der Waals surface area (Å²) in [6.45, 7) is 0.914. The molecular formula is C25H28ClF2N5O7S. The highest BCUT2D eigenvalue weighted by molar-refractivity contribution is 7.89. The number of carbonyl (C=O) groups is 1. The summed E-state index contributed by atoms with van der Waals surface area (Å²) in [7, 11) is -3.94. The average molecular weight is 616 g/mol. The number of pyridine rings is 1. The number of nitrogens with zero attached hydrogens (tertiary/aromatic N) is 4. The number of fused-ring (bicyclic) bond motifs is 3. The van der Waals surface area contributed by atoms with Crippen LogP contribution in [0, 0.1) is 0 Å². The maximum absolute atomic E-state index is 15.2. The zero-order valence-electron chi connectivity index (χ0n) is 21.7. The minimum Gasteiger partial charge on any atom is -0.489 e. The summed E-state index contributed by atoms with van der Waals surface area (Å²) in [6.07, 6.45) is -2.71. The molecule has 3 atom stereocenters. The van der Waals surface area contributed by atoms with Crippen LogP contribution in [0.4, 0.5) is 25.1 Å². The number of halogens is 3. The summed E-state index contributed by atoms with van der Waals surface area (Å²) in [4.78, 5) is 19.6. The average Bonchev–Trinajstić information content (AvgIpc) is 3.32. The minimum absolute atomic E-state index is 0.00157. The monoisotopic (exact) mass is 615 g/mol. The Morgan fingerprint density at radius 2 is 1.95 bits per heavy atom. The van der Waals surface area contributed by atoms with E-state index in [2.05, 4.69) is 10.3 Å². The van der Waals surface area contributed by atoms with Crippen molar-refractivity contribution >= 4 is 39.2 Å². The first-order valence-electron chi connectivity index (χ1n) is 13.1. The van der Waals surface area contributed by atoms with Crippen molar-refractivity contribution in [3.63, 3.8) is 0 Å². The molecule has 3 saturated heterocycles. The summed E-state index contributed by atoms with van der Waals surface area (Å²) in [5.74, 6) is -2.87. The highest BCUT2D eigenvalue weighted by atomic mass is 35.5. The van der Waals surface area contributed by atoms with Gasteiger partial charge in [0.2, 0.25) is 10.0 Å². The Kier molecular flexibility index (Phi) is 7.45. The van der Waals surface area contributed by atoms with Crippen molar-refractivity contribution in [2.75, 3.05) is 68.9 Å². The Balaban J connectivity index is 1.16. The van der Waals surface area contributed by atoms with Crippen LogP contribution in [0.3, 0.4) is 0 Å². The van der Waals surface area contributed by atoms with Crippen molar-refractivity contribution < 1.29 is 41.3 Å². The molecule has 2 aromatic rings. The number of piperazine rings is 1. The van der Waals surface area contributed by atoms with E-state index in [-0.39, 0.29) is 79.7 Å². The van der Waals surface area contributed by atoms with E-state index < -0.39 is 40.3 Å². The third-order valence-corrected chi connectivity index (χ3v) is 9.78. The number of hydrogen-bond donors (Lipinski definition) is 2. The number of benzene rings is 1. The molecule has 0 bridgehead atoms. The quantitative estimate of drug-likeness (QED) is 0.460. The van der Waals surface area contributed by atoms with Gasteiger partial charge >= 0.3 is 6.09 Å². The fourth-order valence-corrected chi connectivity index (χ4v) is 7.10. The highest BCUT2D eigenvalue weighted by Crippen LogP contribution is 2.41. The topological polar surface area (TPSA) is 134 Å². The maximum atomic E-state index is 15.2. The molecule has 5 heterocycles. The second-order valence-electron chi connectivity index (χ2n) is 10.1. The Labute approximate surface area is 239 Å². The smallest absolute Gasteiger partial charge is 0.415 e. The maximum Gasteiger partial charge on any atom is 0.415 e. The first kappa shape index (κ1) is 28.3. The van der Waals surface area contributed by atoms with Gasteiger partial charge in [0.1, 0.15) is 35.5 Å². The van der Waals surface area contributed by atoms with Crippen LogP contribution in [-0.4, -0.2) is 106 Å². The van der Waals surface area contributed by atoms with Gasteiger partial charge in [-0.15, -0.1) is 0 Å². The van der Waals surface area contributed by atoms with Gasteiger partial charge < -0.3 is 29.5 Å². The number of ether oxygens (including phenoxy) is 3. The van der Waals surface area contributed by atoms with E-state index in [4.69, 9.17) is 25.8 Å². The molecule has 1 amide bonds. The molecule has 0 aliphatic carbocycles. The van der Waals surface area contributed by atoms with Crippen molar-refractivity contribution in [3.05, 3.63) is 41.0 Å². The fourth-order valence-electron chi connectivity index (χ4n) is 5.46. The summed E-state index contributed by atoms with van der Waals surface area (Å²) >= 11 is 6.12. The molecule has 6 rings (SSSR count). The van der Waals surface area contributed by atoms with Gasteiger partial charge in [0, 0.05) is 50.9 Å². The third-order valence-electron chi connectivity index (χ3n) is 7.69. The van der Waals surface area contributed by atoms with Crippen molar-refractivity contribution in [1.82, 2.24) is 14.6 Å². The van der Waals surface area contributed by atoms with Crippen molar-refractivity contribution in [2.24, 2.45) is 0 Å². The first-order valence-corrected chi connectivity index (χ1v) is 14.9. The first-order chi connectivity index (χ1) is 19.6. The number of morpholine rings is 1. The van der Waals surface area contributed by atoms with Gasteiger partial charge in [-0.3, -0.25) is 4.90 Å². The second kappa shape index (κ2) is 10.8. The van der Waals surface area contributed by atoms with E-state index in [0.717, 1.165) is 6.07 Å². The zero-order chi connectivity index (χ0) is 28.9. The van der Waals surface area contributed by atoms with Gasteiger partial charge in [0.15, 0.2) is 6.10 Å². The van der Waals surface area contributed by atoms with Crippen LogP contribution in [0.2, 0.25) is 5.15 Å². The number of aliphatic hydroxyl groups is 1. The molecule has 16 heteroatoms. The van der Waals surface area contributed by atoms with Crippen molar-refractivity contribution in [1.29, 1.82) is 0 Å². The molecular weight excluding hydrogens is 588 g/mol. The number of alkyl halides is 2. The van der Waals surface area contributed by atoms with Crippen LogP contribution in [-0.2, 0) is 25.4 Å². The Morgan fingerprint density at radius 1 is 1.17 bits per heavy atom. The van der Waals surface area contributed by atoms with Gasteiger partial charge in [-0.25, -0.2) is 18.2 Å². The second-order valence-corrected chi connectivity index (χ2v) is 12.4. The zero-order valence-corrected chi connectivity index (χ0v) is 23.3. The third kappa shape index (κ3) is 5.08. The van der Waals surface area contributed by atoms with Crippen LogP contribution in [0.1, 0.15) is 5.56 Å². The predicted molar refractivity (Wildman–Crippen MR) is 142 cm³/mol. The lowest BCUT2D eigenvalue weighted by molar-refractivity contribution is -0.151. The number of nitrogens with one attached hydrogen (secondary N) is 1. The van der Waals surface area contributed by atoms with E-state index in [1.807, 2.05) is 0 Å². The Morgan fingerprint density at radius 3 is 2.66 bits per heavy atom. The van der Waals surface area contributed by atoms with E-state index in [1.165, 1.54) is 33.5 Å². The summed E-state index contributed by atoms with van der Waals surface area (Å²) in [5, 5.41) is 12.3. The summed E-state index contributed by atoms with van der Waals surface area (Å²) < 4.78 is 74.9. The van der Waals surface area contributed by atoms with Gasteiger partial charge in [-0.1, -0.05) is 11.6 Å². The van der Waals surface area contributed by atoms with Crippen LogP contribution < -0.4 is 19.9 Å². The molecule has 4 aliphatic rings. The molecule has 0 unspecified atom stereocenters.